The third-order valence-electron chi connectivity index (χ3n) is 2.88. The van der Waals surface area contributed by atoms with Gasteiger partial charge >= 0.3 is 0 Å². The summed E-state index contributed by atoms with van der Waals surface area (Å²) in [5.74, 6) is 1.84. The van der Waals surface area contributed by atoms with E-state index in [9.17, 15) is 0 Å². The maximum Gasteiger partial charge on any atom is 0.228 e. The van der Waals surface area contributed by atoms with Gasteiger partial charge in [0, 0.05) is 13.0 Å². The number of benzene rings is 1. The Bertz CT molecular complexity index is 549. The minimum Gasteiger partial charge on any atom is -0.496 e. The summed E-state index contributed by atoms with van der Waals surface area (Å²) < 4.78 is 10.5. The third kappa shape index (κ3) is 2.36. The standard InChI is InChI=1S/C13H17N3O2/c1-8-6-10(11(17-3)7-9(8)2)13-15-12(4-5-14)18-16-13/h6-7H,4-5,14H2,1-3H3. The van der Waals surface area contributed by atoms with E-state index in [0.717, 1.165) is 16.9 Å². The summed E-state index contributed by atoms with van der Waals surface area (Å²) in [4.78, 5) is 4.31. The van der Waals surface area contributed by atoms with E-state index in [1.165, 1.54) is 5.56 Å². The molecule has 0 amide bonds. The number of hydrogen-bond donors (Lipinski definition) is 1. The number of nitrogens with zero attached hydrogens (tertiary/aromatic N) is 2. The van der Waals surface area contributed by atoms with Gasteiger partial charge in [-0.15, -0.1) is 0 Å². The summed E-state index contributed by atoms with van der Waals surface area (Å²) in [6.07, 6.45) is 0.583. The summed E-state index contributed by atoms with van der Waals surface area (Å²) >= 11 is 0. The molecule has 2 rings (SSSR count). The summed E-state index contributed by atoms with van der Waals surface area (Å²) in [6.45, 7) is 4.57. The fourth-order valence-electron chi connectivity index (χ4n) is 1.72. The normalized spacial score (nSPS) is 10.7. The molecule has 0 unspecified atom stereocenters. The molecule has 0 saturated carbocycles. The minimum atomic E-state index is 0.492. The summed E-state index contributed by atoms with van der Waals surface area (Å²) in [5, 5.41) is 3.96. The molecule has 0 aliphatic carbocycles. The number of aromatic nitrogens is 2. The molecule has 0 radical (unpaired) electrons. The zero-order chi connectivity index (χ0) is 13.1. The van der Waals surface area contributed by atoms with Crippen molar-refractivity contribution in [3.8, 4) is 17.1 Å². The second-order valence-corrected chi connectivity index (χ2v) is 4.19. The van der Waals surface area contributed by atoms with E-state index in [1.807, 2.05) is 26.0 Å². The molecular formula is C13H17N3O2. The average molecular weight is 247 g/mol. The first-order valence-electron chi connectivity index (χ1n) is 5.84. The SMILES string of the molecule is COc1cc(C)c(C)cc1-c1noc(CCN)n1. The van der Waals surface area contributed by atoms with Gasteiger partial charge in [-0.25, -0.2) is 0 Å². The lowest BCUT2D eigenvalue weighted by atomic mass is 10.0. The fraction of sp³-hybridized carbons (Fsp3) is 0.385. The van der Waals surface area contributed by atoms with Gasteiger partial charge in [0.05, 0.1) is 12.7 Å². The first-order chi connectivity index (χ1) is 8.65. The van der Waals surface area contributed by atoms with Crippen molar-refractivity contribution in [3.63, 3.8) is 0 Å². The van der Waals surface area contributed by atoms with Crippen molar-refractivity contribution in [2.45, 2.75) is 20.3 Å². The molecule has 1 aromatic heterocycles. The van der Waals surface area contributed by atoms with Gasteiger partial charge in [0.1, 0.15) is 5.75 Å². The van der Waals surface area contributed by atoms with Crippen LogP contribution in [0.15, 0.2) is 16.7 Å². The summed E-state index contributed by atoms with van der Waals surface area (Å²) in [5.41, 5.74) is 8.63. The van der Waals surface area contributed by atoms with E-state index in [2.05, 4.69) is 10.1 Å². The zero-order valence-corrected chi connectivity index (χ0v) is 10.9. The largest absolute Gasteiger partial charge is 0.496 e. The smallest absolute Gasteiger partial charge is 0.228 e. The second kappa shape index (κ2) is 5.18. The van der Waals surface area contributed by atoms with E-state index in [0.29, 0.717) is 24.7 Å². The molecule has 0 aliphatic rings. The average Bonchev–Trinajstić information content (AvgIpc) is 2.81. The van der Waals surface area contributed by atoms with Crippen LogP contribution in [0, 0.1) is 13.8 Å². The lowest BCUT2D eigenvalue weighted by molar-refractivity contribution is 0.379. The first-order valence-corrected chi connectivity index (χ1v) is 5.84. The van der Waals surface area contributed by atoms with Crippen LogP contribution in [-0.4, -0.2) is 23.8 Å². The zero-order valence-electron chi connectivity index (χ0n) is 10.9. The second-order valence-electron chi connectivity index (χ2n) is 4.19. The van der Waals surface area contributed by atoms with Crippen LogP contribution in [0.3, 0.4) is 0 Å². The van der Waals surface area contributed by atoms with Crippen LogP contribution in [0.4, 0.5) is 0 Å². The molecule has 1 aromatic carbocycles. The predicted molar refractivity (Wildman–Crippen MR) is 68.5 cm³/mol. The summed E-state index contributed by atoms with van der Waals surface area (Å²) in [7, 11) is 1.63. The molecule has 0 saturated heterocycles. The molecule has 5 heteroatoms. The summed E-state index contributed by atoms with van der Waals surface area (Å²) in [6, 6.07) is 3.98. The number of aryl methyl sites for hydroxylation is 2. The molecule has 2 aromatic rings. The molecule has 0 spiro atoms. The van der Waals surface area contributed by atoms with Crippen LogP contribution >= 0.6 is 0 Å². The van der Waals surface area contributed by atoms with Crippen LogP contribution in [0.1, 0.15) is 17.0 Å². The van der Waals surface area contributed by atoms with Crippen molar-refractivity contribution in [1.82, 2.24) is 10.1 Å². The van der Waals surface area contributed by atoms with Crippen LogP contribution in [0.5, 0.6) is 5.75 Å². The van der Waals surface area contributed by atoms with Gasteiger partial charge in [-0.2, -0.15) is 4.98 Å². The van der Waals surface area contributed by atoms with Crippen molar-refractivity contribution in [2.24, 2.45) is 5.73 Å². The first kappa shape index (κ1) is 12.6. The molecule has 0 aliphatic heterocycles. The van der Waals surface area contributed by atoms with E-state index in [4.69, 9.17) is 15.0 Å². The van der Waals surface area contributed by atoms with Crippen molar-refractivity contribution in [3.05, 3.63) is 29.2 Å². The predicted octanol–water partition coefficient (Wildman–Crippen LogP) is 1.86. The van der Waals surface area contributed by atoms with Crippen LogP contribution in [0.2, 0.25) is 0 Å². The quantitative estimate of drug-likeness (QED) is 0.892. The monoisotopic (exact) mass is 247 g/mol. The van der Waals surface area contributed by atoms with Crippen molar-refractivity contribution in [2.75, 3.05) is 13.7 Å². The van der Waals surface area contributed by atoms with Gasteiger partial charge in [-0.05, 0) is 37.1 Å². The van der Waals surface area contributed by atoms with E-state index in [1.54, 1.807) is 7.11 Å². The molecule has 96 valence electrons. The molecule has 5 nitrogen and oxygen atoms in total. The Kier molecular flexibility index (Phi) is 3.62. The Morgan fingerprint density at radius 3 is 2.67 bits per heavy atom. The van der Waals surface area contributed by atoms with Gasteiger partial charge in [0.2, 0.25) is 11.7 Å². The Morgan fingerprint density at radius 1 is 1.28 bits per heavy atom. The number of nitrogens with two attached hydrogens (primary N) is 1. The lowest BCUT2D eigenvalue weighted by Crippen LogP contribution is -2.02. The van der Waals surface area contributed by atoms with Crippen LogP contribution in [0.25, 0.3) is 11.4 Å². The number of ether oxygens (including phenoxy) is 1. The molecule has 0 fully saturated rings. The highest BCUT2D eigenvalue weighted by atomic mass is 16.5. The van der Waals surface area contributed by atoms with Gasteiger partial charge in [0.15, 0.2) is 0 Å². The number of rotatable bonds is 4. The van der Waals surface area contributed by atoms with E-state index < -0.39 is 0 Å². The lowest BCUT2D eigenvalue weighted by Gasteiger charge is -2.08. The maximum absolute atomic E-state index is 5.46. The minimum absolute atomic E-state index is 0.492. The third-order valence-corrected chi connectivity index (χ3v) is 2.88. The molecule has 1 heterocycles. The Hall–Kier alpha value is -1.88. The van der Waals surface area contributed by atoms with Crippen molar-refractivity contribution in [1.29, 1.82) is 0 Å². The maximum atomic E-state index is 5.46. The van der Waals surface area contributed by atoms with E-state index >= 15 is 0 Å². The highest BCUT2D eigenvalue weighted by Gasteiger charge is 2.14. The fourth-order valence-corrected chi connectivity index (χ4v) is 1.72. The molecule has 0 bridgehead atoms. The molecule has 18 heavy (non-hydrogen) atoms. The Morgan fingerprint density at radius 2 is 2.00 bits per heavy atom. The topological polar surface area (TPSA) is 74.2 Å². The number of methoxy groups -OCH3 is 1. The number of hydrogen-bond acceptors (Lipinski definition) is 5. The van der Waals surface area contributed by atoms with Crippen LogP contribution in [-0.2, 0) is 6.42 Å². The molecule has 0 atom stereocenters. The van der Waals surface area contributed by atoms with Gasteiger partial charge in [-0.3, -0.25) is 0 Å². The van der Waals surface area contributed by atoms with E-state index in [-0.39, 0.29) is 0 Å². The molecular weight excluding hydrogens is 230 g/mol. The Labute approximate surface area is 106 Å². The Balaban J connectivity index is 2.45. The highest BCUT2D eigenvalue weighted by molar-refractivity contribution is 5.66. The highest BCUT2D eigenvalue weighted by Crippen LogP contribution is 2.30. The molecule has 2 N–H and O–H groups in total. The van der Waals surface area contributed by atoms with Crippen molar-refractivity contribution < 1.29 is 9.26 Å². The van der Waals surface area contributed by atoms with Gasteiger partial charge in [-0.1, -0.05) is 5.16 Å². The van der Waals surface area contributed by atoms with Gasteiger partial charge in [0.25, 0.3) is 0 Å². The van der Waals surface area contributed by atoms with Crippen molar-refractivity contribution >= 4 is 0 Å². The van der Waals surface area contributed by atoms with Gasteiger partial charge < -0.3 is 15.0 Å². The van der Waals surface area contributed by atoms with Crippen LogP contribution < -0.4 is 10.5 Å².